The van der Waals surface area contributed by atoms with E-state index in [1.54, 1.807) is 72.5 Å². The van der Waals surface area contributed by atoms with Gasteiger partial charge in [-0.05, 0) is 25.5 Å². The maximum atomic E-state index is 12.8. The highest BCUT2D eigenvalue weighted by Gasteiger charge is 2.18. The van der Waals surface area contributed by atoms with Crippen molar-refractivity contribution in [3.05, 3.63) is 54.1 Å². The molecule has 186 valence electrons. The molecular formula is C23H29N7O5. The molecule has 0 spiro atoms. The lowest BCUT2D eigenvalue weighted by atomic mass is 10.3. The van der Waals surface area contributed by atoms with Crippen LogP contribution in [0.4, 0.5) is 11.4 Å². The molecule has 0 saturated carbocycles. The minimum atomic E-state index is -0.406. The van der Waals surface area contributed by atoms with E-state index in [0.717, 1.165) is 0 Å². The lowest BCUT2D eigenvalue weighted by molar-refractivity contribution is -0.143. The fourth-order valence-corrected chi connectivity index (χ4v) is 3.44. The number of hydrogen-bond donors (Lipinski definition) is 3. The third-order valence-corrected chi connectivity index (χ3v) is 5.16. The summed E-state index contributed by atoms with van der Waals surface area (Å²) in [5.41, 5.74) is 1.55. The summed E-state index contributed by atoms with van der Waals surface area (Å²) in [6.45, 7) is 2.39. The molecule has 3 amide bonds. The van der Waals surface area contributed by atoms with Crippen molar-refractivity contribution in [2.75, 3.05) is 23.8 Å². The molecule has 0 aromatic carbocycles. The maximum absolute atomic E-state index is 12.8. The highest BCUT2D eigenvalue weighted by atomic mass is 16.5. The SMILES string of the molecule is CCOC(=O)CCCNC(=O)c1cc(NC(=O)c2cc(NC(=O)c3nccn3C)cn2C)cn1C. The van der Waals surface area contributed by atoms with E-state index < -0.39 is 11.8 Å². The second kappa shape index (κ2) is 11.2. The van der Waals surface area contributed by atoms with Crippen LogP contribution in [-0.4, -0.2) is 55.5 Å². The number of amides is 3. The molecule has 0 unspecified atom stereocenters. The Morgan fingerprint density at radius 1 is 0.886 bits per heavy atom. The lowest BCUT2D eigenvalue weighted by Crippen LogP contribution is -2.26. The fraction of sp³-hybridized carbons (Fsp3) is 0.348. The van der Waals surface area contributed by atoms with Gasteiger partial charge in [0.05, 0.1) is 18.0 Å². The van der Waals surface area contributed by atoms with Crippen LogP contribution in [-0.2, 0) is 30.7 Å². The zero-order valence-corrected chi connectivity index (χ0v) is 20.1. The predicted octanol–water partition coefficient (Wildman–Crippen LogP) is 1.67. The van der Waals surface area contributed by atoms with Gasteiger partial charge in [0.25, 0.3) is 17.7 Å². The molecule has 0 aliphatic carbocycles. The van der Waals surface area contributed by atoms with Crippen molar-refractivity contribution < 1.29 is 23.9 Å². The first-order valence-corrected chi connectivity index (χ1v) is 11.1. The van der Waals surface area contributed by atoms with Crippen LogP contribution in [0.15, 0.2) is 36.9 Å². The standard InChI is InChI=1S/C23H29N7O5/c1-5-35-19(31)7-6-8-25-21(32)17-11-15(13-29(17)3)26-22(33)18-12-16(14-30(18)4)27-23(34)20-24-9-10-28(20)2/h9-14H,5-8H2,1-4H3,(H,25,32)(H,26,33)(H,27,34). The highest BCUT2D eigenvalue weighted by Crippen LogP contribution is 2.18. The summed E-state index contributed by atoms with van der Waals surface area (Å²) < 4.78 is 9.63. The summed E-state index contributed by atoms with van der Waals surface area (Å²) >= 11 is 0. The van der Waals surface area contributed by atoms with Gasteiger partial charge in [0.1, 0.15) is 11.4 Å². The van der Waals surface area contributed by atoms with E-state index in [-0.39, 0.29) is 24.1 Å². The zero-order chi connectivity index (χ0) is 25.5. The smallest absolute Gasteiger partial charge is 0.305 e. The van der Waals surface area contributed by atoms with E-state index >= 15 is 0 Å². The van der Waals surface area contributed by atoms with Gasteiger partial charge in [0.15, 0.2) is 5.82 Å². The molecule has 35 heavy (non-hydrogen) atoms. The van der Waals surface area contributed by atoms with Crippen molar-refractivity contribution in [2.45, 2.75) is 19.8 Å². The summed E-state index contributed by atoms with van der Waals surface area (Å²) in [4.78, 5) is 53.0. The summed E-state index contributed by atoms with van der Waals surface area (Å²) in [6, 6.07) is 3.11. The summed E-state index contributed by atoms with van der Waals surface area (Å²) in [5, 5.41) is 8.24. The molecule has 3 heterocycles. The van der Waals surface area contributed by atoms with Gasteiger partial charge in [-0.3, -0.25) is 19.2 Å². The number of ether oxygens (including phenoxy) is 1. The lowest BCUT2D eigenvalue weighted by Gasteiger charge is -2.05. The van der Waals surface area contributed by atoms with E-state index in [2.05, 4.69) is 20.9 Å². The molecule has 3 aromatic heterocycles. The predicted molar refractivity (Wildman–Crippen MR) is 128 cm³/mol. The molecule has 3 N–H and O–H groups in total. The van der Waals surface area contributed by atoms with E-state index in [4.69, 9.17) is 4.74 Å². The Kier molecular flexibility index (Phi) is 8.08. The Labute approximate surface area is 202 Å². The van der Waals surface area contributed by atoms with Gasteiger partial charge >= 0.3 is 5.97 Å². The summed E-state index contributed by atoms with van der Waals surface area (Å²) in [6.07, 6.45) is 7.12. The number of nitrogens with zero attached hydrogens (tertiary/aromatic N) is 4. The summed E-state index contributed by atoms with van der Waals surface area (Å²) in [5.74, 6) is -1.18. The van der Waals surface area contributed by atoms with E-state index in [1.807, 2.05) is 0 Å². The normalized spacial score (nSPS) is 10.6. The molecule has 12 nitrogen and oxygen atoms in total. The Bertz CT molecular complexity index is 1240. The Morgan fingerprint density at radius 2 is 1.49 bits per heavy atom. The number of carbonyl (C=O) groups excluding carboxylic acids is 4. The number of esters is 1. The van der Waals surface area contributed by atoms with Gasteiger partial charge in [-0.2, -0.15) is 0 Å². The number of rotatable bonds is 10. The van der Waals surface area contributed by atoms with E-state index in [9.17, 15) is 19.2 Å². The molecule has 3 rings (SSSR count). The number of imidazole rings is 1. The molecule has 0 radical (unpaired) electrons. The first-order chi connectivity index (χ1) is 16.7. The van der Waals surface area contributed by atoms with Gasteiger partial charge in [-0.25, -0.2) is 4.98 Å². The number of anilines is 2. The first-order valence-electron chi connectivity index (χ1n) is 11.1. The zero-order valence-electron chi connectivity index (χ0n) is 20.1. The van der Waals surface area contributed by atoms with Gasteiger partial charge in [0, 0.05) is 58.9 Å². The van der Waals surface area contributed by atoms with Crippen molar-refractivity contribution in [3.63, 3.8) is 0 Å². The topological polar surface area (TPSA) is 141 Å². The van der Waals surface area contributed by atoms with Gasteiger partial charge in [-0.1, -0.05) is 0 Å². The molecule has 12 heteroatoms. The third-order valence-electron chi connectivity index (χ3n) is 5.16. The molecular weight excluding hydrogens is 454 g/mol. The molecule has 0 saturated heterocycles. The monoisotopic (exact) mass is 483 g/mol. The van der Waals surface area contributed by atoms with Crippen molar-refractivity contribution >= 4 is 35.1 Å². The fourth-order valence-electron chi connectivity index (χ4n) is 3.44. The molecule has 0 fully saturated rings. The Balaban J connectivity index is 1.58. The van der Waals surface area contributed by atoms with E-state index in [1.165, 1.54) is 6.20 Å². The van der Waals surface area contributed by atoms with Crippen molar-refractivity contribution in [1.29, 1.82) is 0 Å². The minimum Gasteiger partial charge on any atom is -0.466 e. The second-order valence-corrected chi connectivity index (χ2v) is 7.88. The molecule has 0 aliphatic heterocycles. The van der Waals surface area contributed by atoms with Crippen LogP contribution in [0, 0.1) is 0 Å². The van der Waals surface area contributed by atoms with Crippen LogP contribution in [0.25, 0.3) is 0 Å². The van der Waals surface area contributed by atoms with Crippen LogP contribution in [0.1, 0.15) is 51.4 Å². The minimum absolute atomic E-state index is 0.226. The Morgan fingerprint density at radius 3 is 2.06 bits per heavy atom. The largest absolute Gasteiger partial charge is 0.466 e. The van der Waals surface area contributed by atoms with Gasteiger partial charge < -0.3 is 34.4 Å². The van der Waals surface area contributed by atoms with Gasteiger partial charge in [0.2, 0.25) is 0 Å². The highest BCUT2D eigenvalue weighted by molar-refractivity contribution is 6.06. The molecule has 0 bridgehead atoms. The second-order valence-electron chi connectivity index (χ2n) is 7.88. The van der Waals surface area contributed by atoms with Crippen LogP contribution in [0.3, 0.4) is 0 Å². The van der Waals surface area contributed by atoms with Crippen LogP contribution in [0.2, 0.25) is 0 Å². The van der Waals surface area contributed by atoms with Crippen molar-refractivity contribution in [3.8, 4) is 0 Å². The number of aryl methyl sites for hydroxylation is 3. The van der Waals surface area contributed by atoms with Crippen LogP contribution >= 0.6 is 0 Å². The van der Waals surface area contributed by atoms with Gasteiger partial charge in [-0.15, -0.1) is 0 Å². The number of hydrogen-bond acceptors (Lipinski definition) is 6. The molecule has 0 atom stereocenters. The number of carbonyl (C=O) groups is 4. The van der Waals surface area contributed by atoms with Crippen LogP contribution in [0.5, 0.6) is 0 Å². The van der Waals surface area contributed by atoms with Crippen molar-refractivity contribution in [1.82, 2.24) is 24.0 Å². The third kappa shape index (κ3) is 6.37. The Hall–Kier alpha value is -4.35. The molecule has 0 aliphatic rings. The van der Waals surface area contributed by atoms with E-state index in [0.29, 0.717) is 42.3 Å². The molecule has 3 aromatic rings. The quantitative estimate of drug-likeness (QED) is 0.296. The average Bonchev–Trinajstić information content (AvgIpc) is 3.49. The number of nitrogens with one attached hydrogen (secondary N) is 3. The summed E-state index contributed by atoms with van der Waals surface area (Å²) in [7, 11) is 5.09. The first kappa shape index (κ1) is 25.3. The maximum Gasteiger partial charge on any atom is 0.305 e. The van der Waals surface area contributed by atoms with Crippen LogP contribution < -0.4 is 16.0 Å². The van der Waals surface area contributed by atoms with Crippen molar-refractivity contribution in [2.24, 2.45) is 21.1 Å². The average molecular weight is 484 g/mol. The number of aromatic nitrogens is 4.